The standard InChI is InChI=1S/C53H32N4O2S6/c1-33(56-2)30-42-18-21-48(61-42)51-27-24-45(64-51)35-7-13-39(14-8-35)57(38-11-5-34(6-12-38)44-23-26-50(63-44)47-20-17-41(60-47)4-3-29-54)40-15-9-36(10-16-40)46-25-28-52(65-46)49-22-19-43(62-49)31-37(32-55)53(58)59/h3-28,30-31H,1H3,(H,58,59)/b4-3-,33-30+,37-31+. The van der Waals surface area contributed by atoms with Crippen LogP contribution in [-0.2, 0) is 4.79 Å². The molecule has 6 heterocycles. The summed E-state index contributed by atoms with van der Waals surface area (Å²) >= 11 is 10.0. The number of hydrogen-bond acceptors (Lipinski definition) is 10. The molecule has 0 radical (unpaired) electrons. The maximum absolute atomic E-state index is 11.4. The minimum Gasteiger partial charge on any atom is -0.477 e. The Morgan fingerprint density at radius 1 is 0.523 bits per heavy atom. The zero-order chi connectivity index (χ0) is 44.9. The number of carbonyl (C=O) groups is 1. The third-order valence-electron chi connectivity index (χ3n) is 10.1. The van der Waals surface area contributed by atoms with Gasteiger partial charge in [0.2, 0.25) is 0 Å². The van der Waals surface area contributed by atoms with Gasteiger partial charge in [0.05, 0.1) is 12.6 Å². The number of carboxylic acid groups (broad SMARTS) is 1. The lowest BCUT2D eigenvalue weighted by Gasteiger charge is -2.26. The van der Waals surface area contributed by atoms with Gasteiger partial charge in [0.25, 0.3) is 0 Å². The maximum atomic E-state index is 11.4. The molecule has 9 rings (SSSR count). The van der Waals surface area contributed by atoms with Gasteiger partial charge < -0.3 is 10.0 Å². The summed E-state index contributed by atoms with van der Waals surface area (Å²) in [6.45, 7) is 9.11. The number of allylic oxidation sites excluding steroid dienone is 2. The van der Waals surface area contributed by atoms with Crippen LogP contribution in [0, 0.1) is 29.2 Å². The molecule has 3 aromatic carbocycles. The Labute approximate surface area is 400 Å². The van der Waals surface area contributed by atoms with Gasteiger partial charge in [0.15, 0.2) is 5.70 Å². The molecular formula is C53H32N4O2S6. The van der Waals surface area contributed by atoms with Crippen molar-refractivity contribution in [3.05, 3.63) is 189 Å². The van der Waals surface area contributed by atoms with E-state index in [1.54, 1.807) is 62.8 Å². The van der Waals surface area contributed by atoms with Crippen molar-refractivity contribution >= 4 is 109 Å². The minimum atomic E-state index is -1.24. The van der Waals surface area contributed by atoms with Gasteiger partial charge in [-0.15, -0.1) is 68.0 Å². The third kappa shape index (κ3) is 9.68. The monoisotopic (exact) mass is 948 g/mol. The third-order valence-corrected chi connectivity index (χ3v) is 17.2. The van der Waals surface area contributed by atoms with Crippen LogP contribution in [0.1, 0.15) is 21.6 Å². The van der Waals surface area contributed by atoms with E-state index < -0.39 is 5.97 Å². The Hall–Kier alpha value is -7.18. The predicted molar refractivity (Wildman–Crippen MR) is 277 cm³/mol. The molecule has 312 valence electrons. The van der Waals surface area contributed by atoms with Gasteiger partial charge in [-0.2, -0.15) is 10.5 Å². The fourth-order valence-corrected chi connectivity index (χ4v) is 13.2. The van der Waals surface area contributed by atoms with Crippen LogP contribution in [0.4, 0.5) is 17.1 Å². The van der Waals surface area contributed by atoms with Crippen LogP contribution < -0.4 is 4.90 Å². The second-order valence-corrected chi connectivity index (χ2v) is 21.0. The summed E-state index contributed by atoms with van der Waals surface area (Å²) in [6, 6.07) is 54.9. The number of nitrogens with zero attached hydrogens (tertiary/aromatic N) is 4. The molecule has 12 heteroatoms. The highest BCUT2D eigenvalue weighted by Gasteiger charge is 2.17. The van der Waals surface area contributed by atoms with E-state index in [9.17, 15) is 15.2 Å². The molecule has 0 spiro atoms. The molecule has 0 saturated heterocycles. The molecule has 65 heavy (non-hydrogen) atoms. The maximum Gasteiger partial charge on any atom is 0.346 e. The summed E-state index contributed by atoms with van der Waals surface area (Å²) in [7, 11) is 0. The van der Waals surface area contributed by atoms with Gasteiger partial charge in [-0.3, -0.25) is 0 Å². The lowest BCUT2D eigenvalue weighted by atomic mass is 10.1. The zero-order valence-corrected chi connectivity index (χ0v) is 39.2. The molecule has 0 aliphatic rings. The van der Waals surface area contributed by atoms with Gasteiger partial charge in [0.1, 0.15) is 11.6 Å². The van der Waals surface area contributed by atoms with E-state index in [0.29, 0.717) is 10.6 Å². The summed E-state index contributed by atoms with van der Waals surface area (Å²) < 4.78 is 0. The van der Waals surface area contributed by atoms with E-state index in [-0.39, 0.29) is 5.57 Å². The van der Waals surface area contributed by atoms with Gasteiger partial charge in [-0.25, -0.2) is 9.64 Å². The Bertz CT molecular complexity index is 3400. The van der Waals surface area contributed by atoms with E-state index in [1.165, 1.54) is 52.8 Å². The summed E-state index contributed by atoms with van der Waals surface area (Å²) in [5.74, 6) is -1.24. The van der Waals surface area contributed by atoms with E-state index in [2.05, 4.69) is 143 Å². The van der Waals surface area contributed by atoms with Gasteiger partial charge in [-0.1, -0.05) is 36.4 Å². The molecule has 9 aromatic rings. The Morgan fingerprint density at radius 3 is 1.26 bits per heavy atom. The molecule has 0 aliphatic heterocycles. The molecule has 0 bridgehead atoms. The lowest BCUT2D eigenvalue weighted by Crippen LogP contribution is -2.09. The average molecular weight is 949 g/mol. The number of benzene rings is 3. The lowest BCUT2D eigenvalue weighted by molar-refractivity contribution is -0.132. The smallest absolute Gasteiger partial charge is 0.346 e. The SMILES string of the molecule is [C-]#[N+]/C(C)=C/c1ccc(-c2ccc(-c3ccc(N(c4ccc(-c5ccc(-c6ccc(/C=C\C#N)s6)s5)cc4)c4ccc(-c5ccc(-c6ccc(/C=C(\C#N)C(=O)O)s6)s5)cc4)cc3)s2)s1. The summed E-state index contributed by atoms with van der Waals surface area (Å²) in [4.78, 5) is 30.3. The molecular weight excluding hydrogens is 917 g/mol. The highest BCUT2D eigenvalue weighted by Crippen LogP contribution is 2.44. The Balaban J connectivity index is 0.998. The Kier molecular flexibility index (Phi) is 12.8. The molecule has 0 fully saturated rings. The largest absolute Gasteiger partial charge is 0.477 e. The van der Waals surface area contributed by atoms with Gasteiger partial charge in [0, 0.05) is 81.7 Å². The second kappa shape index (κ2) is 19.3. The van der Waals surface area contributed by atoms with Crippen molar-refractivity contribution in [2.24, 2.45) is 0 Å². The number of hydrogen-bond donors (Lipinski definition) is 1. The molecule has 6 aromatic heterocycles. The highest BCUT2D eigenvalue weighted by molar-refractivity contribution is 7.25. The quantitative estimate of drug-likeness (QED) is 0.0706. The molecule has 0 unspecified atom stereocenters. The first kappa shape index (κ1) is 43.1. The molecule has 0 saturated carbocycles. The number of anilines is 3. The van der Waals surface area contributed by atoms with Crippen molar-refractivity contribution in [2.75, 3.05) is 4.90 Å². The second-order valence-electron chi connectivity index (χ2n) is 14.4. The number of thiophene rings is 6. The fourth-order valence-electron chi connectivity index (χ4n) is 6.99. The van der Waals surface area contributed by atoms with Crippen molar-refractivity contribution in [1.29, 1.82) is 10.5 Å². The van der Waals surface area contributed by atoms with E-state index in [0.717, 1.165) is 58.1 Å². The number of aliphatic carboxylic acids is 1. The van der Waals surface area contributed by atoms with Crippen LogP contribution in [0.25, 0.3) is 83.7 Å². The molecule has 6 nitrogen and oxygen atoms in total. The van der Waals surface area contributed by atoms with Gasteiger partial charge in [-0.05, 0) is 151 Å². The van der Waals surface area contributed by atoms with E-state index in [4.69, 9.17) is 11.8 Å². The number of rotatable bonds is 13. The first-order chi connectivity index (χ1) is 31.7. The molecule has 1 N–H and O–H groups in total. The summed E-state index contributed by atoms with van der Waals surface area (Å²) in [6.07, 6.45) is 6.69. The summed E-state index contributed by atoms with van der Waals surface area (Å²) in [5.41, 5.74) is 6.80. The normalized spacial score (nSPS) is 11.7. The van der Waals surface area contributed by atoms with Crippen molar-refractivity contribution in [3.8, 4) is 72.7 Å². The topological polar surface area (TPSA) is 92.5 Å². The summed E-state index contributed by atoms with van der Waals surface area (Å²) in [5, 5.41) is 27.4. The van der Waals surface area contributed by atoms with Crippen LogP contribution in [-0.4, -0.2) is 11.1 Å². The predicted octanol–water partition coefficient (Wildman–Crippen LogP) is 17.3. The van der Waals surface area contributed by atoms with E-state index >= 15 is 0 Å². The van der Waals surface area contributed by atoms with Crippen molar-refractivity contribution in [3.63, 3.8) is 0 Å². The van der Waals surface area contributed by atoms with E-state index in [1.807, 2.05) is 37.3 Å². The molecule has 0 aliphatic carbocycles. The fraction of sp³-hybridized carbons (Fsp3) is 0.0189. The van der Waals surface area contributed by atoms with Crippen LogP contribution in [0.3, 0.4) is 0 Å². The van der Waals surface area contributed by atoms with Crippen molar-refractivity contribution in [1.82, 2.24) is 0 Å². The first-order valence-electron chi connectivity index (χ1n) is 19.9. The van der Waals surface area contributed by atoms with Crippen LogP contribution >= 0.6 is 68.0 Å². The number of carboxylic acids is 1. The highest BCUT2D eigenvalue weighted by atomic mass is 32.1. The van der Waals surface area contributed by atoms with Crippen molar-refractivity contribution in [2.45, 2.75) is 6.92 Å². The molecule has 0 atom stereocenters. The Morgan fingerprint density at radius 2 is 0.877 bits per heavy atom. The van der Waals surface area contributed by atoms with Crippen LogP contribution in [0.5, 0.6) is 0 Å². The minimum absolute atomic E-state index is 0.290. The van der Waals surface area contributed by atoms with Crippen LogP contribution in [0.15, 0.2) is 163 Å². The molecule has 0 amide bonds. The van der Waals surface area contributed by atoms with Crippen molar-refractivity contribution < 1.29 is 9.90 Å². The van der Waals surface area contributed by atoms with Crippen LogP contribution in [0.2, 0.25) is 0 Å². The first-order valence-corrected chi connectivity index (χ1v) is 24.8. The zero-order valence-electron chi connectivity index (χ0n) is 34.3. The average Bonchev–Trinajstić information content (AvgIpc) is 4.19. The number of nitriles is 2. The van der Waals surface area contributed by atoms with Gasteiger partial charge >= 0.3 is 5.97 Å².